The topological polar surface area (TPSA) is 208 Å². The zero-order valence-electron chi connectivity index (χ0n) is 37.0. The van der Waals surface area contributed by atoms with Crippen LogP contribution in [0.2, 0.25) is 0 Å². The standard InChI is InChI=1S/C48H68O14/c1-26(2)12-16-35(51)27(3)48(56)38(23-34-32-15-14-30-22-31(50)18-20-46(30,5)33(32)19-21-47(34,48)6)60-45-43(59-28(4)49)41(37(53)25-58-45)62-44-42(40(55)36(52)24-57-44)61-39(54)17-13-29-10-8-7-9-11-29/h7-11,13-14,17,26-27,31-34,36-38,40-45,50,52-53,55-56H,12,15-16,18-25H2,1-6H3/b17-13+/t27-,31+,32-,33+,34+,36-,37+,38+,40+,41+,42-,43-,44+,45-,46+,47+,48-/m1/s1. The molecule has 4 aliphatic carbocycles. The highest BCUT2D eigenvalue weighted by molar-refractivity contribution is 5.87. The van der Waals surface area contributed by atoms with Crippen LogP contribution in [-0.2, 0) is 42.8 Å². The lowest BCUT2D eigenvalue weighted by Crippen LogP contribution is -2.64. The minimum absolute atomic E-state index is 0.0542. The molecule has 0 amide bonds. The van der Waals surface area contributed by atoms with E-state index in [9.17, 15) is 39.9 Å². The van der Waals surface area contributed by atoms with E-state index >= 15 is 0 Å². The Morgan fingerprint density at radius 1 is 0.871 bits per heavy atom. The lowest BCUT2D eigenvalue weighted by molar-refractivity contribution is -0.346. The zero-order chi connectivity index (χ0) is 44.7. The summed E-state index contributed by atoms with van der Waals surface area (Å²) in [7, 11) is 0. The molecule has 2 saturated heterocycles. The van der Waals surface area contributed by atoms with E-state index in [-0.39, 0.29) is 41.7 Å². The van der Waals surface area contributed by atoms with Gasteiger partial charge in [-0.2, -0.15) is 0 Å². The smallest absolute Gasteiger partial charge is 0.331 e. The van der Waals surface area contributed by atoms with Crippen molar-refractivity contribution >= 4 is 23.8 Å². The molecule has 6 aliphatic rings. The van der Waals surface area contributed by atoms with Gasteiger partial charge >= 0.3 is 11.9 Å². The third kappa shape index (κ3) is 8.97. The van der Waals surface area contributed by atoms with E-state index < -0.39 is 90.8 Å². The Labute approximate surface area is 364 Å². The van der Waals surface area contributed by atoms with Gasteiger partial charge in [0.2, 0.25) is 0 Å². The molecular weight excluding hydrogens is 801 g/mol. The van der Waals surface area contributed by atoms with Crippen LogP contribution < -0.4 is 0 Å². The van der Waals surface area contributed by atoms with Crippen LogP contribution in [0.4, 0.5) is 0 Å². The molecular formula is C48H68O14. The summed E-state index contributed by atoms with van der Waals surface area (Å²) < 4.78 is 36.4. The molecule has 14 nitrogen and oxygen atoms in total. The number of benzene rings is 1. The number of hydrogen-bond acceptors (Lipinski definition) is 14. The quantitative estimate of drug-likeness (QED) is 0.106. The van der Waals surface area contributed by atoms with Crippen molar-refractivity contribution in [2.45, 2.75) is 166 Å². The maximum atomic E-state index is 14.1. The monoisotopic (exact) mass is 868 g/mol. The fraction of sp³-hybridized carbons (Fsp3) is 0.729. The number of aliphatic hydroxyl groups is 5. The minimum Gasteiger partial charge on any atom is -0.454 e. The average molecular weight is 869 g/mol. The Morgan fingerprint density at radius 2 is 1.56 bits per heavy atom. The number of carbonyl (C=O) groups is 3. The van der Waals surface area contributed by atoms with Gasteiger partial charge in [0.05, 0.1) is 25.4 Å². The molecule has 0 aromatic heterocycles. The van der Waals surface area contributed by atoms with Crippen molar-refractivity contribution in [1.29, 1.82) is 0 Å². The predicted octanol–water partition coefficient (Wildman–Crippen LogP) is 4.42. The first-order chi connectivity index (χ1) is 29.4. The van der Waals surface area contributed by atoms with Gasteiger partial charge in [0.1, 0.15) is 35.8 Å². The number of ether oxygens (including phenoxy) is 6. The number of hydrogen-bond donors (Lipinski definition) is 5. The molecule has 0 spiro atoms. The Bertz CT molecular complexity index is 1820. The van der Waals surface area contributed by atoms with E-state index in [4.69, 9.17) is 28.4 Å². The molecule has 2 heterocycles. The van der Waals surface area contributed by atoms with Crippen LogP contribution in [0.25, 0.3) is 6.08 Å². The number of ketones is 1. The molecule has 1 aromatic rings. The summed E-state index contributed by atoms with van der Waals surface area (Å²) in [5.41, 5.74) is -0.462. The number of allylic oxidation sites excluding steroid dienone is 1. The molecule has 5 N–H and O–H groups in total. The first kappa shape index (κ1) is 46.9. The fourth-order valence-corrected chi connectivity index (χ4v) is 12.1. The second-order valence-electron chi connectivity index (χ2n) is 19.8. The van der Waals surface area contributed by atoms with Crippen LogP contribution in [0, 0.1) is 40.4 Å². The highest BCUT2D eigenvalue weighted by Crippen LogP contribution is 2.69. The lowest BCUT2D eigenvalue weighted by Gasteiger charge is -2.59. The summed E-state index contributed by atoms with van der Waals surface area (Å²) in [6.45, 7) is 10.8. The van der Waals surface area contributed by atoms with Gasteiger partial charge in [0, 0.05) is 30.8 Å². The summed E-state index contributed by atoms with van der Waals surface area (Å²) >= 11 is 0. The number of Topliss-reactive ketones (excluding diaryl/α,β-unsaturated/α-hetero) is 1. The van der Waals surface area contributed by atoms with Crippen LogP contribution in [0.1, 0.15) is 105 Å². The molecule has 3 saturated carbocycles. The van der Waals surface area contributed by atoms with E-state index in [1.165, 1.54) is 18.6 Å². The van der Waals surface area contributed by atoms with Gasteiger partial charge in [0.25, 0.3) is 0 Å². The Balaban J connectivity index is 1.17. The molecule has 7 rings (SSSR count). The van der Waals surface area contributed by atoms with Crippen molar-refractivity contribution in [3.63, 3.8) is 0 Å². The zero-order valence-corrected chi connectivity index (χ0v) is 37.0. The summed E-state index contributed by atoms with van der Waals surface area (Å²) in [5.74, 6) is -1.77. The largest absolute Gasteiger partial charge is 0.454 e. The van der Waals surface area contributed by atoms with E-state index in [2.05, 4.69) is 33.8 Å². The second-order valence-corrected chi connectivity index (χ2v) is 19.8. The maximum absolute atomic E-state index is 14.1. The normalized spacial score (nSPS) is 42.3. The average Bonchev–Trinajstić information content (AvgIpc) is 3.47. The molecule has 0 unspecified atom stereocenters. The Kier molecular flexibility index (Phi) is 14.2. The van der Waals surface area contributed by atoms with Crippen molar-refractivity contribution < 1.29 is 68.3 Å². The maximum Gasteiger partial charge on any atom is 0.331 e. The van der Waals surface area contributed by atoms with E-state index in [1.54, 1.807) is 31.2 Å². The van der Waals surface area contributed by atoms with Crippen LogP contribution in [0.3, 0.4) is 0 Å². The van der Waals surface area contributed by atoms with Crippen molar-refractivity contribution in [3.05, 3.63) is 53.6 Å². The summed E-state index contributed by atoms with van der Waals surface area (Å²) in [4.78, 5) is 40.0. The molecule has 0 bridgehead atoms. The lowest BCUT2D eigenvalue weighted by atomic mass is 9.46. The summed E-state index contributed by atoms with van der Waals surface area (Å²) in [6, 6.07) is 9.01. The van der Waals surface area contributed by atoms with Gasteiger partial charge in [-0.1, -0.05) is 76.6 Å². The summed E-state index contributed by atoms with van der Waals surface area (Å²) in [6.07, 6.45) is -2.27. The van der Waals surface area contributed by atoms with Crippen molar-refractivity contribution in [2.24, 2.45) is 40.4 Å². The van der Waals surface area contributed by atoms with Gasteiger partial charge < -0.3 is 54.0 Å². The molecule has 2 aliphatic heterocycles. The van der Waals surface area contributed by atoms with Gasteiger partial charge in [-0.05, 0) is 92.1 Å². The van der Waals surface area contributed by atoms with Crippen LogP contribution in [0.5, 0.6) is 0 Å². The minimum atomic E-state index is -1.67. The van der Waals surface area contributed by atoms with Gasteiger partial charge in [0.15, 0.2) is 24.8 Å². The van der Waals surface area contributed by atoms with Crippen LogP contribution in [0.15, 0.2) is 48.1 Å². The van der Waals surface area contributed by atoms with Crippen molar-refractivity contribution in [1.82, 2.24) is 0 Å². The van der Waals surface area contributed by atoms with Crippen LogP contribution >= 0.6 is 0 Å². The van der Waals surface area contributed by atoms with E-state index in [0.717, 1.165) is 37.3 Å². The third-order valence-electron chi connectivity index (χ3n) is 15.6. The molecule has 0 radical (unpaired) electrons. The van der Waals surface area contributed by atoms with E-state index in [1.807, 2.05) is 6.07 Å². The number of rotatable bonds is 13. The first-order valence-corrected chi connectivity index (χ1v) is 22.7. The highest BCUT2D eigenvalue weighted by atomic mass is 16.8. The fourth-order valence-electron chi connectivity index (χ4n) is 12.1. The Morgan fingerprint density at radius 3 is 2.26 bits per heavy atom. The summed E-state index contributed by atoms with van der Waals surface area (Å²) in [5, 5.41) is 57.0. The number of fused-ring (bicyclic) bond motifs is 5. The molecule has 14 heteroatoms. The predicted molar refractivity (Wildman–Crippen MR) is 224 cm³/mol. The first-order valence-electron chi connectivity index (χ1n) is 22.7. The molecule has 17 atom stereocenters. The second kappa shape index (κ2) is 18.8. The van der Waals surface area contributed by atoms with Crippen molar-refractivity contribution in [2.75, 3.05) is 13.2 Å². The number of carbonyl (C=O) groups excluding carboxylic acids is 3. The van der Waals surface area contributed by atoms with Crippen molar-refractivity contribution in [3.8, 4) is 0 Å². The Hall–Kier alpha value is -3.05. The van der Waals surface area contributed by atoms with Gasteiger partial charge in [-0.3, -0.25) is 9.59 Å². The number of aliphatic hydroxyl groups excluding tert-OH is 4. The molecule has 1 aromatic carbocycles. The number of esters is 2. The van der Waals surface area contributed by atoms with Gasteiger partial charge in [-0.15, -0.1) is 0 Å². The molecule has 62 heavy (non-hydrogen) atoms. The SMILES string of the molecule is CC(=O)O[C@H]1[C@@H](O[C@H]2C[C@H]3[C@@H]4CC=C5C[C@@H](O)CC[C@]5(C)[C@H]4CC[C@]3(C)[C@@]2(O)[C@H](C)C(=O)CCC(C)C)OC[C@H](O)[C@@H]1O[C@@H]1OC[C@@H](O)[C@H](O)[C@H]1OC(=O)/C=C/c1ccccc1. The molecule has 5 fully saturated rings. The highest BCUT2D eigenvalue weighted by Gasteiger charge is 2.70. The van der Waals surface area contributed by atoms with E-state index in [0.29, 0.717) is 38.0 Å². The molecule has 344 valence electrons. The van der Waals surface area contributed by atoms with Crippen LogP contribution in [-0.4, -0.2) is 123 Å². The third-order valence-corrected chi connectivity index (χ3v) is 15.6. The van der Waals surface area contributed by atoms with Gasteiger partial charge in [-0.25, -0.2) is 4.79 Å².